The molecule has 1 amide bonds. The first-order valence-corrected chi connectivity index (χ1v) is 14.3. The summed E-state index contributed by atoms with van der Waals surface area (Å²) in [5, 5.41) is 2.00. The molecule has 0 aliphatic heterocycles. The van der Waals surface area contributed by atoms with Gasteiger partial charge in [0.25, 0.3) is 5.91 Å². The summed E-state index contributed by atoms with van der Waals surface area (Å²) in [5.41, 5.74) is 0.963. The largest absolute Gasteiger partial charge is 0.468 e. The van der Waals surface area contributed by atoms with Crippen LogP contribution >= 0.6 is 11.3 Å². The van der Waals surface area contributed by atoms with E-state index in [0.29, 0.717) is 4.80 Å². The molecule has 0 spiro atoms. The lowest BCUT2D eigenvalue weighted by atomic mass is 10.1. The van der Waals surface area contributed by atoms with E-state index in [2.05, 4.69) is 4.99 Å². The summed E-state index contributed by atoms with van der Waals surface area (Å²) in [4.78, 5) is 30.0. The lowest BCUT2D eigenvalue weighted by Crippen LogP contribution is -2.36. The van der Waals surface area contributed by atoms with Crippen LogP contribution in [-0.2, 0) is 35.6 Å². The number of hydrogen-bond acceptors (Lipinski definition) is 8. The number of aromatic nitrogens is 1. The second kappa shape index (κ2) is 12.6. The fourth-order valence-corrected chi connectivity index (χ4v) is 6.61. The van der Waals surface area contributed by atoms with Gasteiger partial charge in [0.15, 0.2) is 4.80 Å². The van der Waals surface area contributed by atoms with Crippen molar-refractivity contribution in [2.24, 2.45) is 4.99 Å². The van der Waals surface area contributed by atoms with Crippen molar-refractivity contribution >= 4 is 54.2 Å². The van der Waals surface area contributed by atoms with Crippen molar-refractivity contribution in [1.82, 2.24) is 8.87 Å². The van der Waals surface area contributed by atoms with Gasteiger partial charge in [-0.2, -0.15) is 9.30 Å². The topological polar surface area (TPSA) is 116 Å². The van der Waals surface area contributed by atoms with Gasteiger partial charge in [0, 0.05) is 38.3 Å². The molecular formula is C27H29N3O7S2. The third-order valence-corrected chi connectivity index (χ3v) is 9.15. The van der Waals surface area contributed by atoms with E-state index in [1.54, 1.807) is 4.57 Å². The van der Waals surface area contributed by atoms with Gasteiger partial charge >= 0.3 is 5.97 Å². The lowest BCUT2D eigenvalue weighted by Gasteiger charge is -2.21. The number of hydrogen-bond donors (Lipinski definition) is 0. The number of rotatable bonds is 11. The number of fused-ring (bicyclic) bond motifs is 3. The summed E-state index contributed by atoms with van der Waals surface area (Å²) in [5.74, 6) is -1.04. The fourth-order valence-electron chi connectivity index (χ4n) is 4.04. The average Bonchev–Trinajstić information content (AvgIpc) is 3.29. The van der Waals surface area contributed by atoms with Crippen molar-refractivity contribution in [2.75, 3.05) is 47.6 Å². The number of carbonyl (C=O) groups excluding carboxylic acids is 2. The summed E-state index contributed by atoms with van der Waals surface area (Å²) in [6, 6.07) is 17.3. The number of thiazole rings is 1. The molecule has 206 valence electrons. The molecule has 0 unspecified atom stereocenters. The zero-order chi connectivity index (χ0) is 28.0. The van der Waals surface area contributed by atoms with Gasteiger partial charge in [-0.05, 0) is 35.7 Å². The summed E-state index contributed by atoms with van der Waals surface area (Å²) in [6.45, 7) is 0.678. The molecule has 39 heavy (non-hydrogen) atoms. The molecule has 0 saturated carbocycles. The highest BCUT2D eigenvalue weighted by atomic mass is 32.2. The molecule has 0 aliphatic carbocycles. The highest BCUT2D eigenvalue weighted by molar-refractivity contribution is 7.89. The maximum atomic E-state index is 13.2. The van der Waals surface area contributed by atoms with Gasteiger partial charge in [-0.3, -0.25) is 9.59 Å². The lowest BCUT2D eigenvalue weighted by molar-refractivity contribution is -0.141. The van der Waals surface area contributed by atoms with Gasteiger partial charge in [-0.25, -0.2) is 8.42 Å². The predicted octanol–water partition coefficient (Wildman–Crippen LogP) is 3.05. The van der Waals surface area contributed by atoms with E-state index >= 15 is 0 Å². The molecule has 0 aliphatic rings. The van der Waals surface area contributed by atoms with Crippen LogP contribution in [0.15, 0.2) is 70.6 Å². The first-order chi connectivity index (χ1) is 18.8. The number of esters is 1. The van der Waals surface area contributed by atoms with E-state index in [9.17, 15) is 18.0 Å². The number of nitrogens with zero attached hydrogens (tertiary/aromatic N) is 3. The molecule has 3 aromatic carbocycles. The van der Waals surface area contributed by atoms with Crippen LogP contribution in [0.3, 0.4) is 0 Å². The summed E-state index contributed by atoms with van der Waals surface area (Å²) >= 11 is 1.30. The number of amides is 1. The zero-order valence-corrected chi connectivity index (χ0v) is 23.5. The van der Waals surface area contributed by atoms with Crippen LogP contribution in [0.25, 0.3) is 21.0 Å². The molecular weight excluding hydrogens is 542 g/mol. The summed E-state index contributed by atoms with van der Waals surface area (Å²) < 4.78 is 45.1. The molecule has 1 aromatic heterocycles. The molecule has 4 rings (SSSR count). The number of sulfonamides is 1. The van der Waals surface area contributed by atoms with Crippen LogP contribution in [0, 0.1) is 0 Å². The molecule has 0 radical (unpaired) electrons. The van der Waals surface area contributed by atoms with Gasteiger partial charge < -0.3 is 18.8 Å². The number of carbonyl (C=O) groups is 2. The zero-order valence-electron chi connectivity index (χ0n) is 21.8. The van der Waals surface area contributed by atoms with E-state index in [0.717, 1.165) is 21.0 Å². The summed E-state index contributed by atoms with van der Waals surface area (Å²) in [7, 11) is 0.469. The van der Waals surface area contributed by atoms with Gasteiger partial charge in [0.05, 0.1) is 35.4 Å². The third-order valence-electron chi connectivity index (χ3n) is 6.11. The molecule has 0 saturated heterocycles. The molecule has 12 heteroatoms. The van der Waals surface area contributed by atoms with Crippen molar-refractivity contribution in [3.8, 4) is 0 Å². The van der Waals surface area contributed by atoms with Gasteiger partial charge in [0.2, 0.25) is 10.0 Å². The van der Waals surface area contributed by atoms with E-state index in [-0.39, 0.29) is 43.3 Å². The summed E-state index contributed by atoms with van der Waals surface area (Å²) in [6.07, 6.45) is 0. The number of benzene rings is 3. The second-order valence-electron chi connectivity index (χ2n) is 8.51. The first-order valence-electron chi connectivity index (χ1n) is 12.0. The molecule has 0 fully saturated rings. The monoisotopic (exact) mass is 571 g/mol. The molecule has 0 bridgehead atoms. The molecule has 10 nitrogen and oxygen atoms in total. The van der Waals surface area contributed by atoms with E-state index in [4.69, 9.17) is 14.2 Å². The smallest absolute Gasteiger partial charge is 0.325 e. The second-order valence-corrected chi connectivity index (χ2v) is 11.4. The Kier molecular flexibility index (Phi) is 9.25. The Balaban J connectivity index is 1.71. The minimum atomic E-state index is -3.83. The molecule has 0 atom stereocenters. The number of ether oxygens (including phenoxy) is 3. The first kappa shape index (κ1) is 28.6. The fraction of sp³-hybridized carbons (Fsp3) is 0.296. The van der Waals surface area contributed by atoms with Crippen LogP contribution in [0.4, 0.5) is 0 Å². The molecule has 0 N–H and O–H groups in total. The van der Waals surface area contributed by atoms with Gasteiger partial charge in [0.1, 0.15) is 6.54 Å². The van der Waals surface area contributed by atoms with E-state index < -0.39 is 21.9 Å². The average molecular weight is 572 g/mol. The van der Waals surface area contributed by atoms with Crippen molar-refractivity contribution in [3.05, 3.63) is 71.0 Å². The number of methoxy groups -OCH3 is 3. The maximum absolute atomic E-state index is 13.2. The van der Waals surface area contributed by atoms with Crippen LogP contribution in [0.5, 0.6) is 0 Å². The Morgan fingerprint density at radius 1 is 0.923 bits per heavy atom. The Labute approximate surface area is 230 Å². The van der Waals surface area contributed by atoms with Crippen molar-refractivity contribution < 1.29 is 32.2 Å². The van der Waals surface area contributed by atoms with Crippen LogP contribution in [-0.4, -0.2) is 76.8 Å². The van der Waals surface area contributed by atoms with Crippen molar-refractivity contribution in [3.63, 3.8) is 0 Å². The minimum Gasteiger partial charge on any atom is -0.468 e. The van der Waals surface area contributed by atoms with Crippen LogP contribution in [0.1, 0.15) is 10.4 Å². The Hall–Kier alpha value is -3.42. The standard InChI is InChI=1S/C27H29N3O7S2/c1-35-16-14-29(15-17-36-2)39(33,34)21-11-8-20(9-12-21)26(32)28-27-30(18-24(31)37-3)23-13-10-19-6-4-5-7-22(19)25(23)38-27/h4-13H,14-18H2,1-3H3. The highest BCUT2D eigenvalue weighted by Gasteiger charge is 2.24. The molecule has 1 heterocycles. The van der Waals surface area contributed by atoms with E-state index in [1.165, 1.54) is 61.2 Å². The van der Waals surface area contributed by atoms with Crippen LogP contribution in [0.2, 0.25) is 0 Å². The van der Waals surface area contributed by atoms with Crippen molar-refractivity contribution in [2.45, 2.75) is 11.4 Å². The molecule has 4 aromatic rings. The third kappa shape index (κ3) is 6.26. The Morgan fingerprint density at radius 3 is 2.23 bits per heavy atom. The minimum absolute atomic E-state index is 0.0420. The Bertz CT molecular complexity index is 1650. The van der Waals surface area contributed by atoms with E-state index in [1.807, 2.05) is 36.4 Å². The maximum Gasteiger partial charge on any atom is 0.325 e. The quantitative estimate of drug-likeness (QED) is 0.254. The predicted molar refractivity (Wildman–Crippen MR) is 148 cm³/mol. The Morgan fingerprint density at radius 2 is 1.59 bits per heavy atom. The SMILES string of the molecule is COCCN(CCOC)S(=O)(=O)c1ccc(C(=O)N=c2sc3c4ccccc4ccc3n2CC(=O)OC)cc1. The van der Waals surface area contributed by atoms with Crippen LogP contribution < -0.4 is 4.80 Å². The normalized spacial score (nSPS) is 12.5. The van der Waals surface area contributed by atoms with Crippen molar-refractivity contribution in [1.29, 1.82) is 0 Å². The van der Waals surface area contributed by atoms with Gasteiger partial charge in [-0.1, -0.05) is 41.7 Å². The van der Waals surface area contributed by atoms with Gasteiger partial charge in [-0.15, -0.1) is 0 Å². The highest BCUT2D eigenvalue weighted by Crippen LogP contribution is 2.28.